The predicted octanol–water partition coefficient (Wildman–Crippen LogP) is 17.6. The van der Waals surface area contributed by atoms with Crippen LogP contribution in [0.15, 0.2) is 25.3 Å². The lowest BCUT2D eigenvalue weighted by Gasteiger charge is -2.16. The summed E-state index contributed by atoms with van der Waals surface area (Å²) >= 11 is 0. The monoisotopic (exact) mass is 690 g/mol. The van der Waals surface area contributed by atoms with E-state index in [1.165, 1.54) is 243 Å². The Balaban J connectivity index is -0.000000906. The summed E-state index contributed by atoms with van der Waals surface area (Å²) in [7, 11) is 2.31. The van der Waals surface area contributed by atoms with Gasteiger partial charge >= 0.3 is 0 Å². The lowest BCUT2D eigenvalue weighted by atomic mass is 9.96. The first-order chi connectivity index (χ1) is 24.0. The van der Waals surface area contributed by atoms with Crippen molar-refractivity contribution in [1.82, 2.24) is 4.90 Å². The van der Waals surface area contributed by atoms with E-state index in [0.29, 0.717) is 0 Å². The van der Waals surface area contributed by atoms with E-state index in [1.807, 2.05) is 0 Å². The van der Waals surface area contributed by atoms with Crippen LogP contribution < -0.4 is 0 Å². The Kier molecular flexibility index (Phi) is 53.4. The summed E-state index contributed by atoms with van der Waals surface area (Å²) in [4.78, 5) is 2.55. The predicted molar refractivity (Wildman–Crippen MR) is 231 cm³/mol. The van der Waals surface area contributed by atoms with Gasteiger partial charge in [-0.1, -0.05) is 233 Å². The van der Waals surface area contributed by atoms with Crippen molar-refractivity contribution in [3.05, 3.63) is 25.3 Å². The number of allylic oxidation sites excluding steroid dienone is 1. The summed E-state index contributed by atoms with van der Waals surface area (Å²) in [6.07, 6.45) is 49.6. The van der Waals surface area contributed by atoms with Gasteiger partial charge in [0.1, 0.15) is 0 Å². The molecular formula is C48H99N. The molecular weight excluding hydrogens is 591 g/mol. The molecule has 0 saturated heterocycles. The summed E-state index contributed by atoms with van der Waals surface area (Å²) < 4.78 is 0. The first-order valence-electron chi connectivity index (χ1n) is 22.9. The van der Waals surface area contributed by atoms with Crippen LogP contribution in [0.2, 0.25) is 0 Å². The van der Waals surface area contributed by atoms with Crippen molar-refractivity contribution in [2.24, 2.45) is 5.92 Å². The normalized spacial score (nSPS) is 11.0. The van der Waals surface area contributed by atoms with Crippen LogP contribution in [0.25, 0.3) is 0 Å². The van der Waals surface area contributed by atoms with E-state index in [-0.39, 0.29) is 0 Å². The van der Waals surface area contributed by atoms with Crippen LogP contribution in [0.5, 0.6) is 0 Å². The molecule has 0 atom stereocenters. The molecule has 0 rings (SSSR count). The minimum atomic E-state index is 0.974. The van der Waals surface area contributed by atoms with Gasteiger partial charge in [-0.15, -0.1) is 13.2 Å². The highest BCUT2D eigenvalue weighted by atomic mass is 15.1. The standard InChI is InChI=1S/C28H57N.C18H38.C2H4/c1-5-7-9-11-13-14-16-20-24-28(3)25-21-17-15-19-23-27-29(4)26-22-18-12-10-8-6-2;1-4-6-8-10-12-14-16-18(3)17-15-13-11-9-7-5-2;1-2/h3,5-27H2,1-2,4H3;18H,4-17H2,1-3H3;1-2H2. The van der Waals surface area contributed by atoms with Crippen molar-refractivity contribution in [2.75, 3.05) is 20.1 Å². The van der Waals surface area contributed by atoms with E-state index >= 15 is 0 Å². The second kappa shape index (κ2) is 49.6. The minimum absolute atomic E-state index is 0.974. The maximum atomic E-state index is 4.32. The highest BCUT2D eigenvalue weighted by molar-refractivity contribution is 4.93. The summed E-state index contributed by atoms with van der Waals surface area (Å²) in [6.45, 7) is 24.5. The molecule has 0 aromatic heterocycles. The first-order valence-corrected chi connectivity index (χ1v) is 22.9. The zero-order valence-corrected chi connectivity index (χ0v) is 35.8. The highest BCUT2D eigenvalue weighted by Gasteiger charge is 2.03. The van der Waals surface area contributed by atoms with Gasteiger partial charge in [0.25, 0.3) is 0 Å². The molecule has 296 valence electrons. The SMILES string of the molecule is C=C.C=C(CCCCCCCCCC)CCCCCCCN(C)CCCCCCCC.CCCCCCCCC(C)CCCCCCCC. The molecule has 0 spiro atoms. The summed E-state index contributed by atoms with van der Waals surface area (Å²) in [5.41, 5.74) is 1.51. The molecule has 0 saturated carbocycles. The largest absolute Gasteiger partial charge is 0.306 e. The average Bonchev–Trinajstić information content (AvgIpc) is 3.11. The summed E-state index contributed by atoms with van der Waals surface area (Å²) in [6, 6.07) is 0. The van der Waals surface area contributed by atoms with E-state index in [1.54, 1.807) is 0 Å². The summed E-state index contributed by atoms with van der Waals surface area (Å²) in [5.74, 6) is 0.974. The van der Waals surface area contributed by atoms with E-state index in [0.717, 1.165) is 5.92 Å². The fourth-order valence-corrected chi connectivity index (χ4v) is 6.89. The molecule has 0 aliphatic rings. The molecule has 0 aliphatic heterocycles. The third-order valence-corrected chi connectivity index (χ3v) is 10.4. The zero-order chi connectivity index (χ0) is 36.9. The van der Waals surface area contributed by atoms with Gasteiger partial charge < -0.3 is 4.90 Å². The van der Waals surface area contributed by atoms with Gasteiger partial charge in [0.2, 0.25) is 0 Å². The van der Waals surface area contributed by atoms with Crippen molar-refractivity contribution < 1.29 is 0 Å². The average molecular weight is 690 g/mol. The van der Waals surface area contributed by atoms with Crippen LogP contribution in [0.3, 0.4) is 0 Å². The van der Waals surface area contributed by atoms with Crippen LogP contribution in [0, 0.1) is 5.92 Å². The Labute approximate surface area is 314 Å². The molecule has 0 bridgehead atoms. The number of rotatable bonds is 38. The molecule has 0 heterocycles. The molecule has 0 aliphatic carbocycles. The van der Waals surface area contributed by atoms with Gasteiger partial charge in [-0.05, 0) is 64.6 Å². The van der Waals surface area contributed by atoms with Gasteiger partial charge in [0, 0.05) is 0 Å². The molecule has 49 heavy (non-hydrogen) atoms. The van der Waals surface area contributed by atoms with E-state index < -0.39 is 0 Å². The molecule has 0 radical (unpaired) electrons. The Bertz CT molecular complexity index is 551. The molecule has 0 amide bonds. The molecule has 0 aromatic rings. The van der Waals surface area contributed by atoms with E-state index in [4.69, 9.17) is 0 Å². The fraction of sp³-hybridized carbons (Fsp3) is 0.917. The van der Waals surface area contributed by atoms with Crippen LogP contribution in [0.1, 0.15) is 259 Å². The van der Waals surface area contributed by atoms with Crippen LogP contribution in [0.4, 0.5) is 0 Å². The quantitative estimate of drug-likeness (QED) is 0.0461. The first kappa shape index (κ1) is 52.8. The smallest absolute Gasteiger partial charge is 0.00218 e. The number of unbranched alkanes of at least 4 members (excludes halogenated alkanes) is 26. The maximum Gasteiger partial charge on any atom is -0.00218 e. The number of nitrogens with zero attached hydrogens (tertiary/aromatic N) is 1. The molecule has 0 aromatic carbocycles. The summed E-state index contributed by atoms with van der Waals surface area (Å²) in [5, 5.41) is 0. The zero-order valence-electron chi connectivity index (χ0n) is 35.8. The van der Waals surface area contributed by atoms with Crippen molar-refractivity contribution in [3.63, 3.8) is 0 Å². The second-order valence-corrected chi connectivity index (χ2v) is 15.8. The fourth-order valence-electron chi connectivity index (χ4n) is 6.89. The number of hydrogen-bond acceptors (Lipinski definition) is 1. The van der Waals surface area contributed by atoms with Gasteiger partial charge in [-0.3, -0.25) is 0 Å². The second-order valence-electron chi connectivity index (χ2n) is 15.8. The Hall–Kier alpha value is -0.560. The maximum absolute atomic E-state index is 4.32. The van der Waals surface area contributed by atoms with Gasteiger partial charge in [-0.2, -0.15) is 0 Å². The lowest BCUT2D eigenvalue weighted by Crippen LogP contribution is -2.20. The molecule has 0 N–H and O–H groups in total. The van der Waals surface area contributed by atoms with Crippen molar-refractivity contribution in [2.45, 2.75) is 259 Å². The Morgan fingerprint density at radius 2 is 0.633 bits per heavy atom. The molecule has 0 fully saturated rings. The lowest BCUT2D eigenvalue weighted by molar-refractivity contribution is 0.314. The topological polar surface area (TPSA) is 3.24 Å². The van der Waals surface area contributed by atoms with Crippen molar-refractivity contribution in [3.8, 4) is 0 Å². The van der Waals surface area contributed by atoms with Crippen LogP contribution >= 0.6 is 0 Å². The van der Waals surface area contributed by atoms with Crippen LogP contribution in [-0.4, -0.2) is 25.0 Å². The van der Waals surface area contributed by atoms with Gasteiger partial charge in [-0.25, -0.2) is 0 Å². The van der Waals surface area contributed by atoms with Gasteiger partial charge in [0.15, 0.2) is 0 Å². The van der Waals surface area contributed by atoms with Gasteiger partial charge in [0.05, 0.1) is 0 Å². The van der Waals surface area contributed by atoms with Crippen LogP contribution in [-0.2, 0) is 0 Å². The molecule has 1 heteroatoms. The third-order valence-electron chi connectivity index (χ3n) is 10.4. The Morgan fingerprint density at radius 1 is 0.388 bits per heavy atom. The van der Waals surface area contributed by atoms with E-state index in [2.05, 4.69) is 66.3 Å². The van der Waals surface area contributed by atoms with E-state index in [9.17, 15) is 0 Å². The number of hydrogen-bond donors (Lipinski definition) is 0. The van der Waals surface area contributed by atoms with Crippen molar-refractivity contribution >= 4 is 0 Å². The minimum Gasteiger partial charge on any atom is -0.306 e. The molecule has 0 unspecified atom stereocenters. The van der Waals surface area contributed by atoms with Crippen molar-refractivity contribution in [1.29, 1.82) is 0 Å². The highest BCUT2D eigenvalue weighted by Crippen LogP contribution is 2.19. The third kappa shape index (κ3) is 51.9. The molecule has 1 nitrogen and oxygen atoms in total. The Morgan fingerprint density at radius 3 is 0.939 bits per heavy atom.